The first-order valence-corrected chi connectivity index (χ1v) is 11.2. The first kappa shape index (κ1) is 21.5. The van der Waals surface area contributed by atoms with Gasteiger partial charge < -0.3 is 19.1 Å². The maximum absolute atomic E-state index is 13.8. The van der Waals surface area contributed by atoms with Crippen LogP contribution in [0.2, 0.25) is 0 Å². The lowest BCUT2D eigenvalue weighted by molar-refractivity contribution is 0.122. The van der Waals surface area contributed by atoms with Gasteiger partial charge in [0, 0.05) is 19.2 Å². The number of amidine groups is 1. The van der Waals surface area contributed by atoms with Gasteiger partial charge in [0.1, 0.15) is 17.2 Å². The molecule has 2 amide bonds. The second-order valence-electron chi connectivity index (χ2n) is 8.55. The Balaban J connectivity index is 1.58. The lowest BCUT2D eigenvalue weighted by Crippen LogP contribution is -2.53. The summed E-state index contributed by atoms with van der Waals surface area (Å²) in [4.78, 5) is 29.1. The largest absolute Gasteiger partial charge is 0.497 e. The van der Waals surface area contributed by atoms with E-state index in [1.807, 2.05) is 38.2 Å². The van der Waals surface area contributed by atoms with E-state index in [2.05, 4.69) is 11.0 Å². The lowest BCUT2D eigenvalue weighted by Gasteiger charge is -2.38. The van der Waals surface area contributed by atoms with Crippen molar-refractivity contribution in [3.8, 4) is 11.5 Å². The fourth-order valence-corrected chi connectivity index (χ4v) is 4.55. The number of carbonyl (C=O) groups excluding carboxylic acids is 1. The summed E-state index contributed by atoms with van der Waals surface area (Å²) in [5.74, 6) is 2.02. The molecule has 2 aromatic rings. The normalized spacial score (nSPS) is 22.1. The molecule has 5 rings (SSSR count). The number of pyridine rings is 1. The Morgan fingerprint density at radius 3 is 2.42 bits per heavy atom. The molecule has 1 aromatic carbocycles. The zero-order chi connectivity index (χ0) is 23.1. The number of hydrogen-bond acceptors (Lipinski definition) is 7. The maximum atomic E-state index is 13.8. The fourth-order valence-electron chi connectivity index (χ4n) is 4.55. The van der Waals surface area contributed by atoms with Crippen LogP contribution in [-0.2, 0) is 11.3 Å². The predicted octanol–water partition coefficient (Wildman–Crippen LogP) is 2.91. The van der Waals surface area contributed by atoms with Gasteiger partial charge >= 0.3 is 6.03 Å². The third-order valence-corrected chi connectivity index (χ3v) is 6.58. The topological polar surface area (TPSA) is 79.7 Å². The van der Waals surface area contributed by atoms with Crippen molar-refractivity contribution in [3.05, 3.63) is 41.7 Å². The van der Waals surface area contributed by atoms with Crippen LogP contribution in [0.15, 0.2) is 35.5 Å². The van der Waals surface area contributed by atoms with Crippen LogP contribution in [0.1, 0.15) is 25.1 Å². The molecule has 4 heterocycles. The monoisotopic (exact) mass is 451 g/mol. The molecule has 174 valence electrons. The Morgan fingerprint density at radius 2 is 1.76 bits per heavy atom. The number of anilines is 2. The highest BCUT2D eigenvalue weighted by Crippen LogP contribution is 2.37. The molecule has 0 saturated carbocycles. The van der Waals surface area contributed by atoms with E-state index < -0.39 is 0 Å². The quantitative estimate of drug-likeness (QED) is 0.696. The van der Waals surface area contributed by atoms with Crippen LogP contribution < -0.4 is 19.3 Å². The van der Waals surface area contributed by atoms with Crippen molar-refractivity contribution in [2.75, 3.05) is 50.3 Å². The number of urea groups is 1. The SMILES string of the molecule is COc1cc(CN2C(=O)N3C(=NC(C)C3C)c3ncc(N4CCOCC4)cc32)cc(OC)c1. The van der Waals surface area contributed by atoms with E-state index in [0.717, 1.165) is 35.7 Å². The van der Waals surface area contributed by atoms with Crippen LogP contribution >= 0.6 is 0 Å². The molecule has 0 N–H and O–H groups in total. The summed E-state index contributed by atoms with van der Waals surface area (Å²) in [5.41, 5.74) is 3.38. The highest BCUT2D eigenvalue weighted by atomic mass is 16.5. The predicted molar refractivity (Wildman–Crippen MR) is 126 cm³/mol. The highest BCUT2D eigenvalue weighted by Gasteiger charge is 2.44. The average Bonchev–Trinajstić information content (AvgIpc) is 3.16. The maximum Gasteiger partial charge on any atom is 0.330 e. The fraction of sp³-hybridized carbons (Fsp3) is 0.458. The van der Waals surface area contributed by atoms with Gasteiger partial charge in [-0.15, -0.1) is 0 Å². The van der Waals surface area contributed by atoms with Crippen LogP contribution in [0, 0.1) is 0 Å². The highest BCUT2D eigenvalue weighted by molar-refractivity contribution is 6.19. The van der Waals surface area contributed by atoms with Gasteiger partial charge in [0.25, 0.3) is 0 Å². The van der Waals surface area contributed by atoms with Crippen molar-refractivity contribution in [3.63, 3.8) is 0 Å². The molecule has 2 atom stereocenters. The zero-order valence-corrected chi connectivity index (χ0v) is 19.4. The zero-order valence-electron chi connectivity index (χ0n) is 19.4. The first-order chi connectivity index (χ1) is 16.0. The van der Waals surface area contributed by atoms with E-state index in [0.29, 0.717) is 37.1 Å². The molecule has 3 aliphatic heterocycles. The van der Waals surface area contributed by atoms with Gasteiger partial charge in [-0.05, 0) is 37.6 Å². The first-order valence-electron chi connectivity index (χ1n) is 11.2. The summed E-state index contributed by atoms with van der Waals surface area (Å²) in [6, 6.07) is 7.60. The molecule has 0 aliphatic carbocycles. The lowest BCUT2D eigenvalue weighted by atomic mass is 10.1. The van der Waals surface area contributed by atoms with Gasteiger partial charge in [-0.25, -0.2) is 9.78 Å². The van der Waals surface area contributed by atoms with Crippen LogP contribution in [0.25, 0.3) is 0 Å². The average molecular weight is 452 g/mol. The number of fused-ring (bicyclic) bond motifs is 3. The minimum atomic E-state index is -0.0965. The minimum absolute atomic E-state index is 0.00869. The Bertz CT molecular complexity index is 1080. The number of morpholine rings is 1. The number of aromatic nitrogens is 1. The molecule has 33 heavy (non-hydrogen) atoms. The van der Waals surface area contributed by atoms with Crippen molar-refractivity contribution >= 4 is 23.2 Å². The summed E-state index contributed by atoms with van der Waals surface area (Å²) < 4.78 is 16.4. The van der Waals surface area contributed by atoms with E-state index >= 15 is 0 Å². The van der Waals surface area contributed by atoms with E-state index in [9.17, 15) is 4.79 Å². The summed E-state index contributed by atoms with van der Waals surface area (Å²) >= 11 is 0. The molecule has 1 aromatic heterocycles. The molecular formula is C24H29N5O4. The van der Waals surface area contributed by atoms with E-state index in [-0.39, 0.29) is 18.1 Å². The van der Waals surface area contributed by atoms with Gasteiger partial charge in [-0.2, -0.15) is 0 Å². The number of rotatable bonds is 5. The Morgan fingerprint density at radius 1 is 1.06 bits per heavy atom. The minimum Gasteiger partial charge on any atom is -0.497 e. The van der Waals surface area contributed by atoms with Crippen LogP contribution in [0.4, 0.5) is 16.2 Å². The summed E-state index contributed by atoms with van der Waals surface area (Å²) in [7, 11) is 3.24. The molecule has 2 unspecified atom stereocenters. The molecule has 0 radical (unpaired) electrons. The number of carbonyl (C=O) groups is 1. The van der Waals surface area contributed by atoms with Gasteiger partial charge in [0.05, 0.1) is 63.6 Å². The molecule has 9 heteroatoms. The van der Waals surface area contributed by atoms with E-state index in [4.69, 9.17) is 24.2 Å². The molecule has 1 fully saturated rings. The Hall–Kier alpha value is -3.33. The van der Waals surface area contributed by atoms with E-state index in [1.54, 1.807) is 24.0 Å². The van der Waals surface area contributed by atoms with Crippen LogP contribution in [-0.4, -0.2) is 74.4 Å². The number of hydrogen-bond donors (Lipinski definition) is 0. The Labute approximate surface area is 193 Å². The van der Waals surface area contributed by atoms with E-state index in [1.165, 1.54) is 0 Å². The molecule has 1 saturated heterocycles. The van der Waals surface area contributed by atoms with Gasteiger partial charge in [-0.1, -0.05) is 0 Å². The smallest absolute Gasteiger partial charge is 0.330 e. The summed E-state index contributed by atoms with van der Waals surface area (Å²) in [5, 5.41) is 0. The number of amides is 2. The van der Waals surface area contributed by atoms with Crippen molar-refractivity contribution in [2.24, 2.45) is 4.99 Å². The number of nitrogens with zero attached hydrogens (tertiary/aromatic N) is 5. The number of aliphatic imine (C=N–C) groups is 1. The summed E-state index contributed by atoms with van der Waals surface area (Å²) in [6.45, 7) is 7.36. The second kappa shape index (κ2) is 8.55. The number of ether oxygens (including phenoxy) is 3. The molecular weight excluding hydrogens is 422 g/mol. The van der Waals surface area contributed by atoms with Crippen molar-refractivity contribution in [1.29, 1.82) is 0 Å². The van der Waals surface area contributed by atoms with Crippen LogP contribution in [0.3, 0.4) is 0 Å². The molecule has 0 bridgehead atoms. The van der Waals surface area contributed by atoms with Crippen molar-refractivity contribution < 1.29 is 19.0 Å². The molecule has 0 spiro atoms. The molecule has 3 aliphatic rings. The van der Waals surface area contributed by atoms with Gasteiger partial charge in [0.2, 0.25) is 0 Å². The number of methoxy groups -OCH3 is 2. The third-order valence-electron chi connectivity index (χ3n) is 6.58. The molecule has 9 nitrogen and oxygen atoms in total. The van der Waals surface area contributed by atoms with Gasteiger partial charge in [-0.3, -0.25) is 14.8 Å². The second-order valence-corrected chi connectivity index (χ2v) is 8.55. The Kier molecular flexibility index (Phi) is 5.57. The van der Waals surface area contributed by atoms with Crippen molar-refractivity contribution in [1.82, 2.24) is 9.88 Å². The third kappa shape index (κ3) is 3.76. The van der Waals surface area contributed by atoms with Gasteiger partial charge in [0.15, 0.2) is 5.84 Å². The number of benzene rings is 1. The summed E-state index contributed by atoms with van der Waals surface area (Å²) in [6.07, 6.45) is 1.88. The standard InChI is InChI=1S/C24H29N5O4/c1-15-16(2)29-23(26-15)22-21(11-18(13-25-22)27-5-7-33-8-6-27)28(24(29)30)14-17-9-19(31-3)12-20(10-17)32-4/h9-13,15-16H,5-8,14H2,1-4H3. The van der Waals surface area contributed by atoms with Crippen LogP contribution in [0.5, 0.6) is 11.5 Å². The van der Waals surface area contributed by atoms with Crippen molar-refractivity contribution in [2.45, 2.75) is 32.5 Å².